The van der Waals surface area contributed by atoms with Gasteiger partial charge in [-0.25, -0.2) is 0 Å². The van der Waals surface area contributed by atoms with Crippen molar-refractivity contribution in [1.82, 2.24) is 0 Å². The zero-order valence-corrected chi connectivity index (χ0v) is 10.5. The van der Waals surface area contributed by atoms with Gasteiger partial charge >= 0.3 is 0 Å². The molecule has 82 valence electrons. The highest BCUT2D eigenvalue weighted by atomic mass is 31.2. The fraction of sp³-hybridized carbons (Fsp3) is 0.857. The lowest BCUT2D eigenvalue weighted by molar-refractivity contribution is 0.0112. The minimum Gasteiger partial charge on any atom is -0.338 e. The molecule has 0 spiro atoms. The van der Waals surface area contributed by atoms with Gasteiger partial charge in [0, 0.05) is 27.5 Å². The van der Waals surface area contributed by atoms with Gasteiger partial charge < -0.3 is 18.1 Å². The molecule has 0 fully saturated rings. The van der Waals surface area contributed by atoms with Crippen molar-refractivity contribution >= 4 is 16.8 Å². The van der Waals surface area contributed by atoms with Gasteiger partial charge in [-0.1, -0.05) is 0 Å². The van der Waals surface area contributed by atoms with Gasteiger partial charge in [0.1, 0.15) is 0 Å². The first-order chi connectivity index (χ1) is 6.63. The predicted octanol–water partition coefficient (Wildman–Crippen LogP) is 2.44. The van der Waals surface area contributed by atoms with Crippen LogP contribution in [-0.4, -0.2) is 33.8 Å². The zero-order valence-electron chi connectivity index (χ0n) is 8.76. The molecule has 0 aromatic rings. The summed E-state index contributed by atoms with van der Waals surface area (Å²) in [5.41, 5.74) is 0. The lowest BCUT2D eigenvalue weighted by atomic mass is 10.5. The van der Waals surface area contributed by atoms with E-state index in [1.54, 1.807) is 27.5 Å². The van der Waals surface area contributed by atoms with Gasteiger partial charge in [0.05, 0.1) is 12.5 Å². The van der Waals surface area contributed by atoms with E-state index in [0.717, 1.165) is 0 Å². The third kappa shape index (κ3) is 6.62. The van der Waals surface area contributed by atoms with E-state index in [9.17, 15) is 0 Å². The van der Waals surface area contributed by atoms with Crippen LogP contribution in [0.5, 0.6) is 0 Å². The fourth-order valence-corrected chi connectivity index (χ4v) is 1.72. The highest BCUT2D eigenvalue weighted by Gasteiger charge is 2.17. The van der Waals surface area contributed by atoms with E-state index >= 15 is 0 Å². The molecule has 0 aromatic carbocycles. The topological polar surface area (TPSA) is 60.7 Å². The Bertz CT molecular complexity index is 175. The second-order valence-electron chi connectivity index (χ2n) is 2.25. The number of nitriles is 1. The summed E-state index contributed by atoms with van der Waals surface area (Å²) in [7, 11) is 1.14. The minimum atomic E-state index is -0.986. The second-order valence-corrected chi connectivity index (χ2v) is 5.16. The molecule has 2 unspecified atom stereocenters. The molecule has 0 amide bonds. The Morgan fingerprint density at radius 1 is 1.14 bits per heavy atom. The highest BCUT2D eigenvalue weighted by molar-refractivity contribution is 7.47. The molecule has 7 heteroatoms. The first-order valence-corrected chi connectivity index (χ1v) is 7.15. The molecule has 14 heavy (non-hydrogen) atoms. The zero-order chi connectivity index (χ0) is 11.0. The van der Waals surface area contributed by atoms with Crippen LogP contribution in [0.3, 0.4) is 0 Å². The van der Waals surface area contributed by atoms with Crippen molar-refractivity contribution in [3.63, 3.8) is 0 Å². The van der Waals surface area contributed by atoms with Crippen molar-refractivity contribution in [2.75, 3.05) is 27.5 Å². The molecular formula is C7H15NO4P2. The molecular weight excluding hydrogens is 224 g/mol. The number of rotatable bonds is 7. The third-order valence-electron chi connectivity index (χ3n) is 1.30. The molecule has 0 aliphatic rings. The maximum absolute atomic E-state index is 8.53. The molecule has 0 N–H and O–H groups in total. The monoisotopic (exact) mass is 239 g/mol. The molecule has 5 nitrogen and oxygen atoms in total. The normalized spacial score (nSPS) is 17.1. The number of hydrogen-bond acceptors (Lipinski definition) is 5. The van der Waals surface area contributed by atoms with Gasteiger partial charge in [-0.2, -0.15) is 5.26 Å². The van der Waals surface area contributed by atoms with E-state index in [4.69, 9.17) is 23.4 Å². The van der Waals surface area contributed by atoms with E-state index in [2.05, 4.69) is 0 Å². The summed E-state index contributed by atoms with van der Waals surface area (Å²) in [6, 6.07) is 1.99. The molecule has 0 radical (unpaired) electrons. The van der Waals surface area contributed by atoms with Crippen LogP contribution < -0.4 is 0 Å². The summed E-state index contributed by atoms with van der Waals surface area (Å²) < 4.78 is 20.6. The van der Waals surface area contributed by atoms with Gasteiger partial charge in [-0.15, -0.1) is 0 Å². The van der Waals surface area contributed by atoms with Crippen molar-refractivity contribution < 1.29 is 18.1 Å². The van der Waals surface area contributed by atoms with Crippen LogP contribution in [-0.2, 0) is 18.1 Å². The lowest BCUT2D eigenvalue weighted by Crippen LogP contribution is -2.12. The van der Waals surface area contributed by atoms with Crippen LogP contribution in [0.25, 0.3) is 0 Å². The van der Waals surface area contributed by atoms with Crippen molar-refractivity contribution in [3.8, 4) is 6.07 Å². The van der Waals surface area contributed by atoms with E-state index in [1.807, 2.05) is 6.07 Å². The van der Waals surface area contributed by atoms with E-state index in [-0.39, 0.29) is 6.42 Å². The Kier molecular flexibility index (Phi) is 8.61. The number of hydrogen-bond donors (Lipinski definition) is 0. The van der Waals surface area contributed by atoms with Crippen molar-refractivity contribution in [2.45, 2.75) is 12.7 Å². The Morgan fingerprint density at radius 2 is 1.57 bits per heavy atom. The maximum Gasteiger partial charge on any atom is 0.183 e. The molecule has 0 saturated carbocycles. The summed E-state index contributed by atoms with van der Waals surface area (Å²) in [6.45, 7) is 3.60. The van der Waals surface area contributed by atoms with Crippen LogP contribution in [0.4, 0.5) is 0 Å². The molecule has 0 heterocycles. The third-order valence-corrected chi connectivity index (χ3v) is 3.40. The molecule has 2 atom stereocenters. The van der Waals surface area contributed by atoms with Crippen LogP contribution >= 0.6 is 16.8 Å². The summed E-state index contributed by atoms with van der Waals surface area (Å²) in [6.07, 6.45) is -0.390. The summed E-state index contributed by atoms with van der Waals surface area (Å²) in [5, 5.41) is 8.53. The lowest BCUT2D eigenvalue weighted by Gasteiger charge is -2.21. The Morgan fingerprint density at radius 3 is 1.86 bits per heavy atom. The molecule has 0 aliphatic heterocycles. The first kappa shape index (κ1) is 14.2. The standard InChI is InChI=1S/C7H15NO4P2/c1-9-13(3)11-7(5-6-8)12-14(4)10-2/h7H,5H2,1-4H3. The Hall–Kier alpha value is 0.190. The molecule has 0 rings (SSSR count). The van der Waals surface area contributed by atoms with Crippen LogP contribution in [0.2, 0.25) is 0 Å². The summed E-state index contributed by atoms with van der Waals surface area (Å²) in [4.78, 5) is 0. The van der Waals surface area contributed by atoms with Gasteiger partial charge in [0.15, 0.2) is 23.0 Å². The summed E-state index contributed by atoms with van der Waals surface area (Å²) in [5.74, 6) is 0. The quantitative estimate of drug-likeness (QED) is 0.504. The van der Waals surface area contributed by atoms with Gasteiger partial charge in [-0.05, 0) is 0 Å². The first-order valence-electron chi connectivity index (χ1n) is 3.90. The van der Waals surface area contributed by atoms with Crippen LogP contribution in [0.15, 0.2) is 0 Å². The fourth-order valence-electron chi connectivity index (χ4n) is 0.586. The Labute approximate surface area is 87.1 Å². The SMILES string of the molecule is COP(C)OC(CC#N)OP(C)OC. The van der Waals surface area contributed by atoms with Crippen molar-refractivity contribution in [1.29, 1.82) is 5.26 Å². The van der Waals surface area contributed by atoms with Crippen LogP contribution in [0, 0.1) is 11.3 Å². The highest BCUT2D eigenvalue weighted by Crippen LogP contribution is 2.40. The smallest absolute Gasteiger partial charge is 0.183 e. The van der Waals surface area contributed by atoms with Crippen molar-refractivity contribution in [3.05, 3.63) is 0 Å². The van der Waals surface area contributed by atoms with Gasteiger partial charge in [-0.3, -0.25) is 0 Å². The maximum atomic E-state index is 8.53. The van der Waals surface area contributed by atoms with Gasteiger partial charge in [0.2, 0.25) is 0 Å². The van der Waals surface area contributed by atoms with E-state index < -0.39 is 23.0 Å². The minimum absolute atomic E-state index is 0.173. The number of nitrogens with zero attached hydrogens (tertiary/aromatic N) is 1. The van der Waals surface area contributed by atoms with Crippen molar-refractivity contribution in [2.24, 2.45) is 0 Å². The van der Waals surface area contributed by atoms with E-state index in [0.29, 0.717) is 0 Å². The molecule has 0 aromatic heterocycles. The summed E-state index contributed by atoms with van der Waals surface area (Å²) >= 11 is 0. The van der Waals surface area contributed by atoms with Crippen LogP contribution in [0.1, 0.15) is 6.42 Å². The second kappa shape index (κ2) is 8.49. The largest absolute Gasteiger partial charge is 0.338 e. The Balaban J connectivity index is 3.95. The average molecular weight is 239 g/mol. The predicted molar refractivity (Wildman–Crippen MR) is 55.9 cm³/mol. The molecule has 0 aliphatic carbocycles. The average Bonchev–Trinajstić information content (AvgIpc) is 2.17. The van der Waals surface area contributed by atoms with E-state index in [1.165, 1.54) is 0 Å². The molecule has 0 saturated heterocycles. The van der Waals surface area contributed by atoms with Gasteiger partial charge in [0.25, 0.3) is 0 Å². The molecule has 0 bridgehead atoms.